The normalized spacial score (nSPS) is 14.8. The van der Waals surface area contributed by atoms with Crippen LogP contribution in [0.5, 0.6) is 0 Å². The summed E-state index contributed by atoms with van der Waals surface area (Å²) in [6, 6.07) is 14.7. The molecule has 0 spiro atoms. The van der Waals surface area contributed by atoms with Gasteiger partial charge in [-0.25, -0.2) is 13.1 Å². The Morgan fingerprint density at radius 1 is 1.12 bits per heavy atom. The third kappa shape index (κ3) is 5.32. The number of nitrogens with zero attached hydrogens (tertiary/aromatic N) is 3. The van der Waals surface area contributed by atoms with Crippen molar-refractivity contribution in [3.05, 3.63) is 77.6 Å². The summed E-state index contributed by atoms with van der Waals surface area (Å²) in [7, 11) is -3.69. The standard InChI is InChI=1S/C24H28N4O4S/c1-2-20-8-9-21(16-23(20)33(30,31)27-12-14-32-15-13-27)24(29)25-11-10-19-17-26-28(18-19)22-6-4-3-5-7-22/h3-9,16-18H,2,10-15H2,1H3,(H,25,29). The average molecular weight is 469 g/mol. The lowest BCUT2D eigenvalue weighted by molar-refractivity contribution is 0.0730. The van der Waals surface area contributed by atoms with Gasteiger partial charge in [0.1, 0.15) is 0 Å². The summed E-state index contributed by atoms with van der Waals surface area (Å²) in [5.74, 6) is -0.300. The fraction of sp³-hybridized carbons (Fsp3) is 0.333. The number of ether oxygens (including phenoxy) is 1. The van der Waals surface area contributed by atoms with Crippen LogP contribution in [-0.4, -0.2) is 61.3 Å². The molecule has 2 heterocycles. The van der Waals surface area contributed by atoms with Gasteiger partial charge in [-0.3, -0.25) is 4.79 Å². The van der Waals surface area contributed by atoms with Crippen LogP contribution in [0, 0.1) is 0 Å². The minimum absolute atomic E-state index is 0.198. The number of amides is 1. The first kappa shape index (κ1) is 23.2. The summed E-state index contributed by atoms with van der Waals surface area (Å²) in [5.41, 5.74) is 3.00. The molecule has 3 aromatic rings. The molecule has 1 saturated heterocycles. The van der Waals surface area contributed by atoms with Crippen molar-refractivity contribution in [3.63, 3.8) is 0 Å². The molecule has 1 N–H and O–H groups in total. The van der Waals surface area contributed by atoms with Crippen LogP contribution in [0.4, 0.5) is 0 Å². The summed E-state index contributed by atoms with van der Waals surface area (Å²) >= 11 is 0. The van der Waals surface area contributed by atoms with Crippen molar-refractivity contribution in [2.75, 3.05) is 32.8 Å². The number of carbonyl (C=O) groups is 1. The van der Waals surface area contributed by atoms with E-state index in [9.17, 15) is 13.2 Å². The highest BCUT2D eigenvalue weighted by molar-refractivity contribution is 7.89. The lowest BCUT2D eigenvalue weighted by Gasteiger charge is -2.27. The lowest BCUT2D eigenvalue weighted by atomic mass is 10.1. The number of rotatable bonds is 8. The Morgan fingerprint density at radius 2 is 1.88 bits per heavy atom. The van der Waals surface area contributed by atoms with E-state index in [1.165, 1.54) is 10.4 Å². The van der Waals surface area contributed by atoms with Crippen LogP contribution in [0.2, 0.25) is 0 Å². The fourth-order valence-electron chi connectivity index (χ4n) is 3.79. The Hall–Kier alpha value is -3.01. The Kier molecular flexibility index (Phi) is 7.22. The van der Waals surface area contributed by atoms with Crippen molar-refractivity contribution in [2.45, 2.75) is 24.7 Å². The van der Waals surface area contributed by atoms with Gasteiger partial charge >= 0.3 is 0 Å². The number of aryl methyl sites for hydroxylation is 1. The molecule has 0 saturated carbocycles. The van der Waals surface area contributed by atoms with Crippen molar-refractivity contribution in [3.8, 4) is 5.69 Å². The molecule has 0 bridgehead atoms. The summed E-state index contributed by atoms with van der Waals surface area (Å²) in [5, 5.41) is 7.26. The highest BCUT2D eigenvalue weighted by atomic mass is 32.2. The van der Waals surface area contributed by atoms with Gasteiger partial charge in [-0.2, -0.15) is 9.40 Å². The Labute approximate surface area is 194 Å². The SMILES string of the molecule is CCc1ccc(C(=O)NCCc2cnn(-c3ccccc3)c2)cc1S(=O)(=O)N1CCOCC1. The zero-order valence-electron chi connectivity index (χ0n) is 18.6. The number of hydrogen-bond donors (Lipinski definition) is 1. The van der Waals surface area contributed by atoms with Crippen molar-refractivity contribution >= 4 is 15.9 Å². The fourth-order valence-corrected chi connectivity index (χ4v) is 5.52. The monoisotopic (exact) mass is 468 g/mol. The van der Waals surface area contributed by atoms with Crippen LogP contribution < -0.4 is 5.32 Å². The predicted molar refractivity (Wildman–Crippen MR) is 125 cm³/mol. The highest BCUT2D eigenvalue weighted by Crippen LogP contribution is 2.23. The van der Waals surface area contributed by atoms with Gasteiger partial charge in [-0.05, 0) is 48.2 Å². The third-order valence-corrected chi connectivity index (χ3v) is 7.63. The number of morpholine rings is 1. The van der Waals surface area contributed by atoms with Crippen molar-refractivity contribution in [1.29, 1.82) is 0 Å². The molecule has 8 nitrogen and oxygen atoms in total. The van der Waals surface area contributed by atoms with Gasteiger partial charge < -0.3 is 10.1 Å². The Balaban J connectivity index is 1.42. The first-order valence-electron chi connectivity index (χ1n) is 11.1. The van der Waals surface area contributed by atoms with Gasteiger partial charge in [0.2, 0.25) is 10.0 Å². The summed E-state index contributed by atoms with van der Waals surface area (Å²) in [6.07, 6.45) is 4.89. The first-order valence-corrected chi connectivity index (χ1v) is 12.5. The molecule has 0 aliphatic carbocycles. The van der Waals surface area contributed by atoms with Crippen LogP contribution in [0.15, 0.2) is 65.8 Å². The smallest absolute Gasteiger partial charge is 0.251 e. The number of para-hydroxylation sites is 1. The van der Waals surface area contributed by atoms with E-state index in [1.807, 2.05) is 43.5 Å². The average Bonchev–Trinajstić information content (AvgIpc) is 3.33. The number of hydrogen-bond acceptors (Lipinski definition) is 5. The van der Waals surface area contributed by atoms with E-state index >= 15 is 0 Å². The van der Waals surface area contributed by atoms with Crippen LogP contribution in [0.1, 0.15) is 28.4 Å². The maximum absolute atomic E-state index is 13.2. The van der Waals surface area contributed by atoms with E-state index in [1.54, 1.807) is 23.0 Å². The van der Waals surface area contributed by atoms with Crippen LogP contribution in [0.25, 0.3) is 5.69 Å². The van der Waals surface area contributed by atoms with E-state index < -0.39 is 10.0 Å². The number of aromatic nitrogens is 2. The second-order valence-corrected chi connectivity index (χ2v) is 9.73. The number of benzene rings is 2. The van der Waals surface area contributed by atoms with Crippen molar-refractivity contribution < 1.29 is 17.9 Å². The third-order valence-electron chi connectivity index (χ3n) is 5.65. The molecule has 2 aromatic carbocycles. The van der Waals surface area contributed by atoms with E-state index in [0.717, 1.165) is 11.3 Å². The first-order chi connectivity index (χ1) is 16.0. The van der Waals surface area contributed by atoms with E-state index in [-0.39, 0.29) is 10.8 Å². The molecule has 1 aliphatic heterocycles. The summed E-state index contributed by atoms with van der Waals surface area (Å²) < 4.78 is 34.9. The van der Waals surface area contributed by atoms with Crippen LogP contribution >= 0.6 is 0 Å². The molecule has 1 amide bonds. The van der Waals surface area contributed by atoms with Gasteiger partial charge in [0.25, 0.3) is 5.91 Å². The lowest BCUT2D eigenvalue weighted by Crippen LogP contribution is -2.41. The second kappa shape index (κ2) is 10.3. The van der Waals surface area contributed by atoms with Gasteiger partial charge in [-0.15, -0.1) is 0 Å². The molecule has 0 atom stereocenters. The van der Waals surface area contributed by atoms with Gasteiger partial charge in [-0.1, -0.05) is 31.2 Å². The molecule has 33 heavy (non-hydrogen) atoms. The van der Waals surface area contributed by atoms with E-state index in [4.69, 9.17) is 4.74 Å². The zero-order chi connectivity index (χ0) is 23.3. The maximum Gasteiger partial charge on any atom is 0.251 e. The molecule has 1 aliphatic rings. The second-order valence-electron chi connectivity index (χ2n) is 7.83. The van der Waals surface area contributed by atoms with E-state index in [2.05, 4.69) is 10.4 Å². The molecular formula is C24H28N4O4S. The van der Waals surface area contributed by atoms with Crippen LogP contribution in [-0.2, 0) is 27.6 Å². The topological polar surface area (TPSA) is 93.5 Å². The minimum Gasteiger partial charge on any atom is -0.379 e. The van der Waals surface area contributed by atoms with Gasteiger partial charge in [0.05, 0.1) is 30.0 Å². The Morgan fingerprint density at radius 3 is 2.61 bits per heavy atom. The predicted octanol–water partition coefficient (Wildman–Crippen LogP) is 2.43. The minimum atomic E-state index is -3.69. The quantitative estimate of drug-likeness (QED) is 0.548. The van der Waals surface area contributed by atoms with Crippen molar-refractivity contribution in [2.24, 2.45) is 0 Å². The molecule has 0 radical (unpaired) electrons. The van der Waals surface area contributed by atoms with E-state index in [0.29, 0.717) is 56.8 Å². The number of sulfonamides is 1. The largest absolute Gasteiger partial charge is 0.379 e. The maximum atomic E-state index is 13.2. The van der Waals surface area contributed by atoms with Crippen LogP contribution in [0.3, 0.4) is 0 Å². The molecule has 4 rings (SSSR count). The molecule has 0 unspecified atom stereocenters. The zero-order valence-corrected chi connectivity index (χ0v) is 19.4. The summed E-state index contributed by atoms with van der Waals surface area (Å²) in [6.45, 7) is 3.71. The van der Waals surface area contributed by atoms with Gasteiger partial charge in [0.15, 0.2) is 0 Å². The molecule has 1 aromatic heterocycles. The molecular weight excluding hydrogens is 440 g/mol. The number of carbonyl (C=O) groups excluding carboxylic acids is 1. The highest BCUT2D eigenvalue weighted by Gasteiger charge is 2.29. The molecule has 1 fully saturated rings. The summed E-state index contributed by atoms with van der Waals surface area (Å²) in [4.78, 5) is 13.0. The van der Waals surface area contributed by atoms with Gasteiger partial charge in [0, 0.05) is 31.4 Å². The molecule has 9 heteroatoms. The Bertz CT molecular complexity index is 1200. The van der Waals surface area contributed by atoms with Crippen molar-refractivity contribution in [1.82, 2.24) is 19.4 Å². The number of nitrogens with one attached hydrogen (secondary N) is 1. The molecule has 174 valence electrons.